The van der Waals surface area contributed by atoms with Crippen molar-refractivity contribution in [1.82, 2.24) is 24.6 Å². The number of rotatable bonds is 6. The molecule has 2 aromatic rings. The van der Waals surface area contributed by atoms with E-state index in [0.717, 1.165) is 38.2 Å². The molecule has 0 spiro atoms. The molecule has 1 aliphatic rings. The number of amides is 1. The predicted octanol–water partition coefficient (Wildman–Crippen LogP) is 2.57. The number of benzene rings is 1. The van der Waals surface area contributed by atoms with Crippen molar-refractivity contribution in [2.45, 2.75) is 45.8 Å². The molecule has 0 N–H and O–H groups in total. The first-order valence-corrected chi connectivity index (χ1v) is 9.61. The van der Waals surface area contributed by atoms with E-state index < -0.39 is 0 Å². The van der Waals surface area contributed by atoms with E-state index in [9.17, 15) is 9.18 Å². The number of hydrogen-bond donors (Lipinski definition) is 0. The Morgan fingerprint density at radius 3 is 2.70 bits per heavy atom. The second-order valence-electron chi connectivity index (χ2n) is 7.51. The first-order valence-electron chi connectivity index (χ1n) is 9.61. The van der Waals surface area contributed by atoms with E-state index in [1.165, 1.54) is 18.5 Å². The Balaban J connectivity index is 1.63. The van der Waals surface area contributed by atoms with Gasteiger partial charge in [-0.15, -0.1) is 0 Å². The summed E-state index contributed by atoms with van der Waals surface area (Å²) in [7, 11) is 0. The van der Waals surface area contributed by atoms with Gasteiger partial charge in [-0.2, -0.15) is 5.10 Å². The van der Waals surface area contributed by atoms with E-state index in [4.69, 9.17) is 0 Å². The highest BCUT2D eigenvalue weighted by Crippen LogP contribution is 2.20. The lowest BCUT2D eigenvalue weighted by molar-refractivity contribution is -0.132. The Labute approximate surface area is 160 Å². The van der Waals surface area contributed by atoms with Crippen LogP contribution in [0.5, 0.6) is 0 Å². The second-order valence-corrected chi connectivity index (χ2v) is 7.51. The number of aromatic nitrogens is 3. The summed E-state index contributed by atoms with van der Waals surface area (Å²) < 4.78 is 14.9. The quantitative estimate of drug-likeness (QED) is 0.781. The maximum absolute atomic E-state index is 13.2. The Kier molecular flexibility index (Phi) is 6.55. The lowest BCUT2D eigenvalue weighted by Gasteiger charge is -2.34. The third kappa shape index (κ3) is 5.35. The van der Waals surface area contributed by atoms with Gasteiger partial charge in [-0.1, -0.05) is 26.0 Å². The summed E-state index contributed by atoms with van der Waals surface area (Å²) in [5.41, 5.74) is 1.10. The van der Waals surface area contributed by atoms with Gasteiger partial charge in [0.2, 0.25) is 5.91 Å². The summed E-state index contributed by atoms with van der Waals surface area (Å²) in [6.07, 6.45) is 4.50. The Morgan fingerprint density at radius 1 is 1.26 bits per heavy atom. The first-order chi connectivity index (χ1) is 13.0. The summed E-state index contributed by atoms with van der Waals surface area (Å²) in [5, 5.41) is 4.06. The topological polar surface area (TPSA) is 54.3 Å². The smallest absolute Gasteiger partial charge is 0.224 e. The van der Waals surface area contributed by atoms with Crippen LogP contribution in [-0.4, -0.2) is 56.1 Å². The van der Waals surface area contributed by atoms with Gasteiger partial charge in [0, 0.05) is 38.6 Å². The van der Waals surface area contributed by atoms with Crippen LogP contribution in [-0.2, 0) is 17.9 Å². The molecule has 0 saturated carbocycles. The normalized spacial score (nSPS) is 18.7. The van der Waals surface area contributed by atoms with Gasteiger partial charge < -0.3 is 4.90 Å². The van der Waals surface area contributed by atoms with Gasteiger partial charge >= 0.3 is 0 Å². The standard InChI is InChI=1S/C20H28FN5O/c1-16(2)19-13-25(20(27)8-11-26-15-22-14-23-26)10-3-9-24(19)12-17-4-6-18(21)7-5-17/h4-7,14-16,19H,3,8-13H2,1-2H3. The molecule has 6 nitrogen and oxygen atoms in total. The molecule has 1 aromatic carbocycles. The van der Waals surface area contributed by atoms with Crippen LogP contribution in [0.4, 0.5) is 4.39 Å². The third-order valence-electron chi connectivity index (χ3n) is 5.19. The largest absolute Gasteiger partial charge is 0.341 e. The lowest BCUT2D eigenvalue weighted by Crippen LogP contribution is -2.45. The Bertz CT molecular complexity index is 716. The Morgan fingerprint density at radius 2 is 2.04 bits per heavy atom. The van der Waals surface area contributed by atoms with Gasteiger partial charge in [-0.25, -0.2) is 9.37 Å². The van der Waals surface area contributed by atoms with Crippen LogP contribution >= 0.6 is 0 Å². The fraction of sp³-hybridized carbons (Fsp3) is 0.550. The number of carbonyl (C=O) groups is 1. The molecule has 0 bridgehead atoms. The third-order valence-corrected chi connectivity index (χ3v) is 5.19. The molecule has 1 unspecified atom stereocenters. The van der Waals surface area contributed by atoms with Crippen LogP contribution in [0.15, 0.2) is 36.9 Å². The molecule has 1 aromatic heterocycles. The van der Waals surface area contributed by atoms with Crippen molar-refractivity contribution < 1.29 is 9.18 Å². The zero-order valence-electron chi connectivity index (χ0n) is 16.1. The van der Waals surface area contributed by atoms with Crippen molar-refractivity contribution in [3.8, 4) is 0 Å². The van der Waals surface area contributed by atoms with Crippen molar-refractivity contribution in [1.29, 1.82) is 0 Å². The van der Waals surface area contributed by atoms with Gasteiger partial charge in [-0.3, -0.25) is 14.4 Å². The zero-order valence-corrected chi connectivity index (χ0v) is 16.1. The fourth-order valence-corrected chi connectivity index (χ4v) is 3.66. The molecule has 146 valence electrons. The average Bonchev–Trinajstić information content (AvgIpc) is 3.08. The van der Waals surface area contributed by atoms with Gasteiger partial charge in [-0.05, 0) is 30.0 Å². The summed E-state index contributed by atoms with van der Waals surface area (Å²) >= 11 is 0. The van der Waals surface area contributed by atoms with Crippen LogP contribution in [0.2, 0.25) is 0 Å². The molecule has 1 amide bonds. The monoisotopic (exact) mass is 373 g/mol. The minimum Gasteiger partial charge on any atom is -0.341 e. The van der Waals surface area contributed by atoms with Crippen molar-refractivity contribution in [2.24, 2.45) is 5.92 Å². The fourth-order valence-electron chi connectivity index (χ4n) is 3.66. The van der Waals surface area contributed by atoms with E-state index in [-0.39, 0.29) is 17.8 Å². The molecule has 7 heteroatoms. The van der Waals surface area contributed by atoms with Crippen molar-refractivity contribution in [3.05, 3.63) is 48.3 Å². The highest BCUT2D eigenvalue weighted by molar-refractivity contribution is 5.76. The van der Waals surface area contributed by atoms with Crippen LogP contribution in [0.25, 0.3) is 0 Å². The molecule has 1 fully saturated rings. The summed E-state index contributed by atoms with van der Waals surface area (Å²) in [6, 6.07) is 7.00. The van der Waals surface area contributed by atoms with Crippen LogP contribution in [0.3, 0.4) is 0 Å². The predicted molar refractivity (Wildman–Crippen MR) is 101 cm³/mol. The maximum Gasteiger partial charge on any atom is 0.224 e. The van der Waals surface area contributed by atoms with E-state index in [2.05, 4.69) is 28.8 Å². The van der Waals surface area contributed by atoms with Gasteiger partial charge in [0.05, 0.1) is 6.54 Å². The zero-order chi connectivity index (χ0) is 19.2. The van der Waals surface area contributed by atoms with Crippen LogP contribution in [0.1, 0.15) is 32.3 Å². The summed E-state index contributed by atoms with van der Waals surface area (Å²) in [4.78, 5) is 21.1. The minimum atomic E-state index is -0.209. The highest BCUT2D eigenvalue weighted by Gasteiger charge is 2.29. The van der Waals surface area contributed by atoms with E-state index in [1.54, 1.807) is 11.0 Å². The van der Waals surface area contributed by atoms with Crippen LogP contribution < -0.4 is 0 Å². The molecule has 0 radical (unpaired) electrons. The van der Waals surface area contributed by atoms with Crippen LogP contribution in [0, 0.1) is 11.7 Å². The van der Waals surface area contributed by atoms with E-state index >= 15 is 0 Å². The first kappa shape index (κ1) is 19.5. The SMILES string of the molecule is CC(C)C1CN(C(=O)CCn2cncn2)CCCN1Cc1ccc(F)cc1. The number of halogens is 1. The van der Waals surface area contributed by atoms with Crippen molar-refractivity contribution in [3.63, 3.8) is 0 Å². The molecule has 1 atom stereocenters. The van der Waals surface area contributed by atoms with Crippen molar-refractivity contribution in [2.75, 3.05) is 19.6 Å². The molecule has 27 heavy (non-hydrogen) atoms. The Hall–Kier alpha value is -2.28. The molecule has 1 saturated heterocycles. The lowest BCUT2D eigenvalue weighted by atomic mass is 10.0. The number of hydrogen-bond acceptors (Lipinski definition) is 4. The maximum atomic E-state index is 13.2. The number of aryl methyl sites for hydroxylation is 1. The molecule has 1 aliphatic heterocycles. The van der Waals surface area contributed by atoms with E-state index in [0.29, 0.717) is 18.9 Å². The van der Waals surface area contributed by atoms with E-state index in [1.807, 2.05) is 17.0 Å². The molecular weight excluding hydrogens is 345 g/mol. The summed E-state index contributed by atoms with van der Waals surface area (Å²) in [5.74, 6) is 0.383. The molecule has 0 aliphatic carbocycles. The number of nitrogens with zero attached hydrogens (tertiary/aromatic N) is 5. The number of carbonyl (C=O) groups excluding carboxylic acids is 1. The van der Waals surface area contributed by atoms with Gasteiger partial charge in [0.15, 0.2) is 0 Å². The summed E-state index contributed by atoms with van der Waals surface area (Å²) in [6.45, 7) is 8.18. The second kappa shape index (κ2) is 9.08. The van der Waals surface area contributed by atoms with Gasteiger partial charge in [0.1, 0.15) is 18.5 Å². The molecular formula is C20H28FN5O. The minimum absolute atomic E-state index is 0.166. The molecule has 3 rings (SSSR count). The molecule has 2 heterocycles. The van der Waals surface area contributed by atoms with Gasteiger partial charge in [0.25, 0.3) is 0 Å². The van der Waals surface area contributed by atoms with Crippen molar-refractivity contribution >= 4 is 5.91 Å². The average molecular weight is 373 g/mol. The highest BCUT2D eigenvalue weighted by atomic mass is 19.1.